The van der Waals surface area contributed by atoms with E-state index >= 15 is 0 Å². The van der Waals surface area contributed by atoms with Crippen molar-refractivity contribution in [3.63, 3.8) is 0 Å². The van der Waals surface area contributed by atoms with Gasteiger partial charge in [-0.15, -0.1) is 0 Å². The van der Waals surface area contributed by atoms with Crippen LogP contribution in [0.15, 0.2) is 67.5 Å². The fraction of sp³-hybridized carbons (Fsp3) is 0.320. The summed E-state index contributed by atoms with van der Waals surface area (Å²) in [5.74, 6) is 2.24. The normalized spacial score (nSPS) is 18.3. The Morgan fingerprint density at radius 3 is 2.71 bits per heavy atom. The molecule has 1 atom stereocenters. The van der Waals surface area contributed by atoms with Crippen LogP contribution in [0.2, 0.25) is 0 Å². The molecule has 1 saturated heterocycles. The molecule has 162 valence electrons. The molecule has 2 heterocycles. The fourth-order valence-electron chi connectivity index (χ4n) is 4.20. The van der Waals surface area contributed by atoms with E-state index < -0.39 is 0 Å². The lowest BCUT2D eigenvalue weighted by atomic mass is 10.0. The van der Waals surface area contributed by atoms with Gasteiger partial charge in [0.2, 0.25) is 5.91 Å². The summed E-state index contributed by atoms with van der Waals surface area (Å²) in [7, 11) is 1.66. The number of nitrogens with zero attached hydrogens (tertiary/aromatic N) is 3. The Morgan fingerprint density at radius 2 is 1.97 bits per heavy atom. The first-order valence-corrected chi connectivity index (χ1v) is 10.6. The van der Waals surface area contributed by atoms with E-state index in [4.69, 9.17) is 9.47 Å². The second-order valence-corrected chi connectivity index (χ2v) is 7.91. The topological polar surface area (TPSA) is 45.3 Å². The Hall–Kier alpha value is -3.41. The summed E-state index contributed by atoms with van der Waals surface area (Å²) in [6.07, 6.45) is 7.72. The molecule has 0 bridgehead atoms. The summed E-state index contributed by atoms with van der Waals surface area (Å²) in [5.41, 5.74) is 2.13. The number of para-hydroxylation sites is 1. The number of methoxy groups -OCH3 is 1. The highest BCUT2D eigenvalue weighted by Gasteiger charge is 2.28. The molecule has 1 fully saturated rings. The lowest BCUT2D eigenvalue weighted by Crippen LogP contribution is -2.48. The van der Waals surface area contributed by atoms with Crippen LogP contribution in [-0.4, -0.2) is 48.6 Å². The molecular weight excluding hydrogens is 390 g/mol. The van der Waals surface area contributed by atoms with E-state index in [1.165, 1.54) is 6.08 Å². The van der Waals surface area contributed by atoms with Gasteiger partial charge in [0, 0.05) is 37.2 Å². The highest BCUT2D eigenvalue weighted by Crippen LogP contribution is 2.35. The number of hydrogen-bond donors (Lipinski definition) is 0. The molecule has 2 aliphatic heterocycles. The number of rotatable bonds is 6. The Labute approximate surface area is 184 Å². The predicted octanol–water partition coefficient (Wildman–Crippen LogP) is 4.52. The maximum atomic E-state index is 12.0. The third-order valence-corrected chi connectivity index (χ3v) is 5.88. The van der Waals surface area contributed by atoms with Crippen LogP contribution < -0.4 is 14.4 Å². The minimum Gasteiger partial charge on any atom is -0.493 e. The van der Waals surface area contributed by atoms with Gasteiger partial charge in [0.05, 0.1) is 13.8 Å². The monoisotopic (exact) mass is 419 g/mol. The first-order chi connectivity index (χ1) is 15.1. The summed E-state index contributed by atoms with van der Waals surface area (Å²) in [4.78, 5) is 18.4. The van der Waals surface area contributed by atoms with Gasteiger partial charge in [-0.2, -0.15) is 0 Å². The average molecular weight is 420 g/mol. The number of likely N-dealkylation sites (tertiary alicyclic amines) is 1. The molecule has 0 spiro atoms. The van der Waals surface area contributed by atoms with E-state index in [2.05, 4.69) is 40.9 Å². The highest BCUT2D eigenvalue weighted by molar-refractivity contribution is 5.87. The zero-order valence-electron chi connectivity index (χ0n) is 18.2. The molecule has 0 N–H and O–H groups in total. The van der Waals surface area contributed by atoms with E-state index in [9.17, 15) is 4.79 Å². The van der Waals surface area contributed by atoms with Crippen molar-refractivity contribution in [1.82, 2.24) is 9.80 Å². The highest BCUT2D eigenvalue weighted by atomic mass is 16.5. The molecule has 4 rings (SSSR count). The molecular formula is C25H29N3O3. The molecule has 2 aromatic carbocycles. The molecule has 31 heavy (non-hydrogen) atoms. The molecule has 6 nitrogen and oxygen atoms in total. The van der Waals surface area contributed by atoms with Gasteiger partial charge in [0.15, 0.2) is 11.5 Å². The van der Waals surface area contributed by atoms with E-state index in [1.807, 2.05) is 42.2 Å². The van der Waals surface area contributed by atoms with Crippen LogP contribution in [-0.2, 0) is 4.79 Å². The Bertz CT molecular complexity index is 970. The van der Waals surface area contributed by atoms with Crippen molar-refractivity contribution in [2.45, 2.75) is 25.8 Å². The minimum atomic E-state index is 0.0190. The van der Waals surface area contributed by atoms with E-state index in [0.717, 1.165) is 55.3 Å². The van der Waals surface area contributed by atoms with Gasteiger partial charge in [-0.05, 0) is 61.7 Å². The van der Waals surface area contributed by atoms with Gasteiger partial charge in [-0.3, -0.25) is 4.79 Å². The molecule has 0 unspecified atom stereocenters. The minimum absolute atomic E-state index is 0.0190. The van der Waals surface area contributed by atoms with Gasteiger partial charge < -0.3 is 24.2 Å². The van der Waals surface area contributed by atoms with Crippen LogP contribution in [0.1, 0.15) is 18.4 Å². The summed E-state index contributed by atoms with van der Waals surface area (Å²) >= 11 is 0. The molecule has 6 heteroatoms. The zero-order chi connectivity index (χ0) is 21.8. The second kappa shape index (κ2) is 9.16. The number of ether oxygens (including phenoxy) is 2. The fourth-order valence-corrected chi connectivity index (χ4v) is 4.20. The molecule has 0 aromatic heterocycles. The molecule has 2 aromatic rings. The van der Waals surface area contributed by atoms with Crippen LogP contribution in [0.25, 0.3) is 0 Å². The van der Waals surface area contributed by atoms with Crippen LogP contribution in [0.4, 0.5) is 5.69 Å². The van der Waals surface area contributed by atoms with Gasteiger partial charge in [-0.1, -0.05) is 18.7 Å². The first-order valence-electron chi connectivity index (χ1n) is 10.6. The van der Waals surface area contributed by atoms with Crippen LogP contribution in [0.5, 0.6) is 17.2 Å². The number of aryl methyl sites for hydroxylation is 1. The van der Waals surface area contributed by atoms with Gasteiger partial charge >= 0.3 is 0 Å². The van der Waals surface area contributed by atoms with Crippen molar-refractivity contribution < 1.29 is 14.3 Å². The number of amides is 1. The standard InChI is InChI=1S/C25H29N3O3/c1-4-24(29)26-14-6-8-21(17-26)28-16-15-27(18-28)20-10-12-22(13-11-20)31-23-9-5-7-19(2)25(23)30-3/h4-5,7,9-13,15-16,21H,1,6,8,14,17-18H2,2-3H3/t21-/m1/s1. The van der Waals surface area contributed by atoms with Crippen LogP contribution in [0, 0.1) is 6.92 Å². The predicted molar refractivity (Wildman–Crippen MR) is 122 cm³/mol. The zero-order valence-corrected chi connectivity index (χ0v) is 18.2. The maximum absolute atomic E-state index is 12.0. The lowest BCUT2D eigenvalue weighted by Gasteiger charge is -2.37. The quantitative estimate of drug-likeness (QED) is 0.644. The van der Waals surface area contributed by atoms with Crippen molar-refractivity contribution >= 4 is 11.6 Å². The largest absolute Gasteiger partial charge is 0.493 e. The van der Waals surface area contributed by atoms with E-state index in [0.29, 0.717) is 11.8 Å². The summed E-state index contributed by atoms with van der Waals surface area (Å²) in [5, 5.41) is 0. The first kappa shape index (κ1) is 20.8. The lowest BCUT2D eigenvalue weighted by molar-refractivity contribution is -0.127. The summed E-state index contributed by atoms with van der Waals surface area (Å²) in [6, 6.07) is 14.2. The number of piperidine rings is 1. The number of carbonyl (C=O) groups excluding carboxylic acids is 1. The van der Waals surface area contributed by atoms with Crippen molar-refractivity contribution in [3.8, 4) is 17.2 Å². The van der Waals surface area contributed by atoms with Gasteiger partial charge in [0.25, 0.3) is 0 Å². The van der Waals surface area contributed by atoms with E-state index in [1.54, 1.807) is 7.11 Å². The Balaban J connectivity index is 1.38. The molecule has 0 saturated carbocycles. The van der Waals surface area contributed by atoms with Crippen molar-refractivity contribution in [3.05, 3.63) is 73.1 Å². The number of anilines is 1. The van der Waals surface area contributed by atoms with Gasteiger partial charge in [-0.25, -0.2) is 0 Å². The van der Waals surface area contributed by atoms with Crippen molar-refractivity contribution in [2.75, 3.05) is 31.8 Å². The molecule has 0 aliphatic carbocycles. The average Bonchev–Trinajstić information content (AvgIpc) is 3.30. The van der Waals surface area contributed by atoms with Crippen LogP contribution in [0.3, 0.4) is 0 Å². The second-order valence-electron chi connectivity index (χ2n) is 7.91. The van der Waals surface area contributed by atoms with Gasteiger partial charge in [0.1, 0.15) is 5.75 Å². The summed E-state index contributed by atoms with van der Waals surface area (Å²) < 4.78 is 11.5. The molecule has 1 amide bonds. The third kappa shape index (κ3) is 4.53. The third-order valence-electron chi connectivity index (χ3n) is 5.88. The van der Waals surface area contributed by atoms with Crippen LogP contribution >= 0.6 is 0 Å². The van der Waals surface area contributed by atoms with E-state index in [-0.39, 0.29) is 5.91 Å². The molecule has 0 radical (unpaired) electrons. The van der Waals surface area contributed by atoms with Crippen molar-refractivity contribution in [2.24, 2.45) is 0 Å². The SMILES string of the molecule is C=CC(=O)N1CCC[C@@H](N2C=CN(c3ccc(Oc4cccc(C)c4OC)cc3)C2)C1. The molecule has 2 aliphatic rings. The number of carbonyl (C=O) groups is 1. The number of hydrogen-bond acceptors (Lipinski definition) is 5. The van der Waals surface area contributed by atoms with Crippen molar-refractivity contribution in [1.29, 1.82) is 0 Å². The Kier molecular flexibility index (Phi) is 6.16. The maximum Gasteiger partial charge on any atom is 0.246 e. The Morgan fingerprint density at radius 1 is 1.16 bits per heavy atom. The summed E-state index contributed by atoms with van der Waals surface area (Å²) in [6.45, 7) is 7.94. The smallest absolute Gasteiger partial charge is 0.246 e. The number of benzene rings is 2.